The van der Waals surface area contributed by atoms with Crippen LogP contribution in [0.4, 0.5) is 0 Å². The number of carbonyl (C=O) groups excluding carboxylic acids is 1. The van der Waals surface area contributed by atoms with Crippen molar-refractivity contribution in [2.45, 2.75) is 19.3 Å². The zero-order chi connectivity index (χ0) is 13.8. The van der Waals surface area contributed by atoms with Gasteiger partial charge in [-0.15, -0.1) is 10.2 Å². The zero-order valence-corrected chi connectivity index (χ0v) is 11.0. The summed E-state index contributed by atoms with van der Waals surface area (Å²) in [6.07, 6.45) is 1.74. The SMILES string of the molecule is O=C(O)CC1CCCN(C(=O)c2ccc(Cl)nn2)C1. The molecule has 0 bridgehead atoms. The van der Waals surface area contributed by atoms with Crippen molar-refractivity contribution in [2.24, 2.45) is 5.92 Å². The Morgan fingerprint density at radius 2 is 2.21 bits per heavy atom. The van der Waals surface area contributed by atoms with Crippen LogP contribution in [0.2, 0.25) is 5.15 Å². The van der Waals surface area contributed by atoms with Crippen LogP contribution in [0.3, 0.4) is 0 Å². The van der Waals surface area contributed by atoms with Crippen LogP contribution in [-0.4, -0.2) is 45.2 Å². The molecule has 7 heteroatoms. The first-order chi connectivity index (χ1) is 9.06. The number of likely N-dealkylation sites (tertiary alicyclic amines) is 1. The fourth-order valence-corrected chi connectivity index (χ4v) is 2.36. The van der Waals surface area contributed by atoms with Crippen LogP contribution in [0.25, 0.3) is 0 Å². The van der Waals surface area contributed by atoms with Crippen molar-refractivity contribution in [1.29, 1.82) is 0 Å². The molecule has 2 rings (SSSR count). The normalized spacial score (nSPS) is 19.2. The van der Waals surface area contributed by atoms with Crippen LogP contribution in [0.1, 0.15) is 29.8 Å². The minimum atomic E-state index is -0.828. The number of carboxylic acid groups (broad SMARTS) is 1. The number of rotatable bonds is 3. The summed E-state index contributed by atoms with van der Waals surface area (Å²) < 4.78 is 0. The minimum Gasteiger partial charge on any atom is -0.481 e. The lowest BCUT2D eigenvalue weighted by Crippen LogP contribution is -2.40. The molecule has 0 spiro atoms. The highest BCUT2D eigenvalue weighted by molar-refractivity contribution is 6.29. The Kier molecular flexibility index (Phi) is 4.31. The molecule has 19 heavy (non-hydrogen) atoms. The predicted octanol–water partition coefficient (Wildman–Crippen LogP) is 1.46. The summed E-state index contributed by atoms with van der Waals surface area (Å²) in [4.78, 5) is 24.5. The molecular formula is C12H14ClN3O3. The molecule has 1 aromatic rings. The zero-order valence-electron chi connectivity index (χ0n) is 10.3. The quantitative estimate of drug-likeness (QED) is 0.908. The van der Waals surface area contributed by atoms with Crippen molar-refractivity contribution in [3.05, 3.63) is 23.0 Å². The van der Waals surface area contributed by atoms with Gasteiger partial charge in [0.2, 0.25) is 0 Å². The first-order valence-corrected chi connectivity index (χ1v) is 6.44. The molecule has 1 saturated heterocycles. The molecule has 0 saturated carbocycles. The van der Waals surface area contributed by atoms with Crippen molar-refractivity contribution < 1.29 is 14.7 Å². The molecule has 0 radical (unpaired) electrons. The first-order valence-electron chi connectivity index (χ1n) is 6.06. The second kappa shape index (κ2) is 5.97. The van der Waals surface area contributed by atoms with E-state index in [-0.39, 0.29) is 29.1 Å². The van der Waals surface area contributed by atoms with Crippen molar-refractivity contribution >= 4 is 23.5 Å². The Bertz CT molecular complexity index is 478. The van der Waals surface area contributed by atoms with Gasteiger partial charge < -0.3 is 10.0 Å². The molecular weight excluding hydrogens is 270 g/mol. The molecule has 1 aliphatic heterocycles. The van der Waals surface area contributed by atoms with E-state index in [0.717, 1.165) is 12.8 Å². The highest BCUT2D eigenvalue weighted by Gasteiger charge is 2.26. The third-order valence-corrected chi connectivity index (χ3v) is 3.32. The van der Waals surface area contributed by atoms with Gasteiger partial charge in [0.1, 0.15) is 0 Å². The summed E-state index contributed by atoms with van der Waals surface area (Å²) in [6.45, 7) is 1.08. The topological polar surface area (TPSA) is 83.4 Å². The number of amides is 1. The number of aliphatic carboxylic acids is 1. The fraction of sp³-hybridized carbons (Fsp3) is 0.500. The Morgan fingerprint density at radius 3 is 2.84 bits per heavy atom. The molecule has 1 aliphatic rings. The number of piperidine rings is 1. The highest BCUT2D eigenvalue weighted by Crippen LogP contribution is 2.20. The summed E-state index contributed by atoms with van der Waals surface area (Å²) in [5.74, 6) is -1.04. The molecule has 0 aliphatic carbocycles. The fourth-order valence-electron chi connectivity index (χ4n) is 2.26. The molecule has 1 unspecified atom stereocenters. The van der Waals surface area contributed by atoms with Gasteiger partial charge in [0.25, 0.3) is 5.91 Å². The van der Waals surface area contributed by atoms with E-state index in [4.69, 9.17) is 16.7 Å². The molecule has 1 N–H and O–H groups in total. The van der Waals surface area contributed by atoms with Gasteiger partial charge in [0.15, 0.2) is 10.8 Å². The maximum absolute atomic E-state index is 12.2. The monoisotopic (exact) mass is 283 g/mol. The van der Waals surface area contributed by atoms with E-state index in [1.165, 1.54) is 12.1 Å². The van der Waals surface area contributed by atoms with E-state index in [1.54, 1.807) is 4.90 Å². The smallest absolute Gasteiger partial charge is 0.303 e. The number of hydrogen-bond donors (Lipinski definition) is 1. The summed E-state index contributed by atoms with van der Waals surface area (Å²) in [6, 6.07) is 3.04. The van der Waals surface area contributed by atoms with Gasteiger partial charge in [0, 0.05) is 19.5 Å². The van der Waals surface area contributed by atoms with E-state index in [0.29, 0.717) is 13.1 Å². The lowest BCUT2D eigenvalue weighted by atomic mass is 9.94. The van der Waals surface area contributed by atoms with Crippen molar-refractivity contribution in [1.82, 2.24) is 15.1 Å². The van der Waals surface area contributed by atoms with E-state index in [9.17, 15) is 9.59 Å². The number of carboxylic acids is 1. The molecule has 6 nitrogen and oxygen atoms in total. The van der Waals surface area contributed by atoms with Crippen LogP contribution in [0.15, 0.2) is 12.1 Å². The Labute approximate surface area is 115 Å². The second-order valence-electron chi connectivity index (χ2n) is 4.60. The van der Waals surface area contributed by atoms with Crippen LogP contribution >= 0.6 is 11.6 Å². The van der Waals surface area contributed by atoms with Gasteiger partial charge >= 0.3 is 5.97 Å². The summed E-state index contributed by atoms with van der Waals surface area (Å²) in [5, 5.41) is 16.4. The molecule has 1 fully saturated rings. The lowest BCUT2D eigenvalue weighted by molar-refractivity contribution is -0.138. The maximum Gasteiger partial charge on any atom is 0.303 e. The number of halogens is 1. The molecule has 0 aromatic carbocycles. The summed E-state index contributed by atoms with van der Waals surface area (Å²) in [5.41, 5.74) is 0.236. The van der Waals surface area contributed by atoms with Gasteiger partial charge in [-0.2, -0.15) is 0 Å². The number of carbonyl (C=O) groups is 2. The van der Waals surface area contributed by atoms with E-state index >= 15 is 0 Å². The molecule has 1 amide bonds. The van der Waals surface area contributed by atoms with E-state index < -0.39 is 5.97 Å². The molecule has 102 valence electrons. The van der Waals surface area contributed by atoms with Crippen molar-refractivity contribution in [3.63, 3.8) is 0 Å². The van der Waals surface area contributed by atoms with E-state index in [2.05, 4.69) is 10.2 Å². The van der Waals surface area contributed by atoms with Gasteiger partial charge in [-0.25, -0.2) is 0 Å². The lowest BCUT2D eigenvalue weighted by Gasteiger charge is -2.31. The summed E-state index contributed by atoms with van der Waals surface area (Å²) >= 11 is 5.62. The van der Waals surface area contributed by atoms with Crippen LogP contribution < -0.4 is 0 Å². The number of nitrogens with zero attached hydrogens (tertiary/aromatic N) is 3. The third-order valence-electron chi connectivity index (χ3n) is 3.12. The molecule has 1 aromatic heterocycles. The van der Waals surface area contributed by atoms with Crippen LogP contribution in [0.5, 0.6) is 0 Å². The molecule has 2 heterocycles. The number of aromatic nitrogens is 2. The average Bonchev–Trinajstić information content (AvgIpc) is 2.38. The van der Waals surface area contributed by atoms with Gasteiger partial charge in [-0.05, 0) is 30.9 Å². The van der Waals surface area contributed by atoms with Crippen LogP contribution in [-0.2, 0) is 4.79 Å². The standard InChI is InChI=1S/C12H14ClN3O3/c13-10-4-3-9(14-15-10)12(19)16-5-1-2-8(7-16)6-11(17)18/h3-4,8H,1-2,5-7H2,(H,17,18). The highest BCUT2D eigenvalue weighted by atomic mass is 35.5. The Balaban J connectivity index is 2.02. The number of hydrogen-bond acceptors (Lipinski definition) is 4. The first kappa shape index (κ1) is 13.7. The maximum atomic E-state index is 12.2. The van der Waals surface area contributed by atoms with Gasteiger partial charge in [-0.3, -0.25) is 9.59 Å². The van der Waals surface area contributed by atoms with E-state index in [1.807, 2.05) is 0 Å². The van der Waals surface area contributed by atoms with Crippen molar-refractivity contribution in [3.8, 4) is 0 Å². The predicted molar refractivity (Wildman–Crippen MR) is 67.9 cm³/mol. The van der Waals surface area contributed by atoms with Gasteiger partial charge in [-0.1, -0.05) is 11.6 Å². The second-order valence-corrected chi connectivity index (χ2v) is 4.99. The summed E-state index contributed by atoms with van der Waals surface area (Å²) in [7, 11) is 0. The van der Waals surface area contributed by atoms with Gasteiger partial charge in [0.05, 0.1) is 0 Å². The average molecular weight is 284 g/mol. The molecule has 1 atom stereocenters. The largest absolute Gasteiger partial charge is 0.481 e. The van der Waals surface area contributed by atoms with Crippen LogP contribution in [0, 0.1) is 5.92 Å². The third kappa shape index (κ3) is 3.64. The Morgan fingerprint density at radius 1 is 1.42 bits per heavy atom. The minimum absolute atomic E-state index is 0.00968. The Hall–Kier alpha value is -1.69. The van der Waals surface area contributed by atoms with Crippen molar-refractivity contribution in [2.75, 3.05) is 13.1 Å².